The van der Waals surface area contributed by atoms with E-state index in [1.54, 1.807) is 0 Å². The number of ketones is 1. The minimum absolute atomic E-state index is 0.0653. The van der Waals surface area contributed by atoms with Crippen molar-refractivity contribution in [1.29, 1.82) is 0 Å². The van der Waals surface area contributed by atoms with Crippen LogP contribution in [0.5, 0.6) is 23.0 Å². The molecule has 7 aromatic rings. The lowest BCUT2D eigenvalue weighted by atomic mass is 9.82. The van der Waals surface area contributed by atoms with Crippen LogP contribution in [0.1, 0.15) is 27.0 Å². The number of rotatable bonds is 8. The Hall–Kier alpha value is -6.33. The van der Waals surface area contributed by atoms with Gasteiger partial charge in [0.2, 0.25) is 0 Å². The standard InChI is InChI=1S/C42H30N2O3/c45-42-40-24-18-34(44-32-15-21-38(22-16-32)47-36-9-5-2-6-10-36)27-30(40)25-29-12-11-28-26-33(17-23-39(28)41(29)42)43-31-13-19-37(20-14-31)46-35-7-3-1-4-8-35/h1-24,26-27,43-44H,25H2. The van der Waals surface area contributed by atoms with Gasteiger partial charge in [-0.2, -0.15) is 0 Å². The van der Waals surface area contributed by atoms with E-state index >= 15 is 0 Å². The normalized spacial score (nSPS) is 11.8. The Morgan fingerprint density at radius 2 is 0.957 bits per heavy atom. The number of fused-ring (bicyclic) bond motifs is 4. The molecular formula is C42H30N2O3. The second-order valence-electron chi connectivity index (χ2n) is 11.5. The van der Waals surface area contributed by atoms with E-state index in [0.717, 1.165) is 78.8 Å². The Morgan fingerprint density at radius 1 is 0.447 bits per heavy atom. The molecule has 1 aliphatic rings. The van der Waals surface area contributed by atoms with Crippen LogP contribution in [-0.4, -0.2) is 5.78 Å². The van der Waals surface area contributed by atoms with Crippen molar-refractivity contribution >= 4 is 39.3 Å². The van der Waals surface area contributed by atoms with Crippen molar-refractivity contribution in [3.63, 3.8) is 0 Å². The molecule has 0 spiro atoms. The number of carbonyl (C=O) groups excluding carboxylic acids is 1. The molecule has 5 heteroatoms. The van der Waals surface area contributed by atoms with Gasteiger partial charge in [0.25, 0.3) is 0 Å². The molecule has 0 aromatic heterocycles. The Labute approximate surface area is 273 Å². The predicted molar refractivity (Wildman–Crippen MR) is 189 cm³/mol. The van der Waals surface area contributed by atoms with Gasteiger partial charge in [0, 0.05) is 33.9 Å². The van der Waals surface area contributed by atoms with E-state index in [1.807, 2.05) is 133 Å². The van der Waals surface area contributed by atoms with Crippen molar-refractivity contribution < 1.29 is 14.3 Å². The smallest absolute Gasteiger partial charge is 0.194 e. The van der Waals surface area contributed by atoms with E-state index in [9.17, 15) is 4.79 Å². The highest BCUT2D eigenvalue weighted by atomic mass is 16.5. The van der Waals surface area contributed by atoms with Gasteiger partial charge in [0.15, 0.2) is 5.78 Å². The first-order chi connectivity index (χ1) is 23.1. The molecule has 0 radical (unpaired) electrons. The zero-order valence-electron chi connectivity index (χ0n) is 25.4. The summed E-state index contributed by atoms with van der Waals surface area (Å²) in [4.78, 5) is 13.9. The lowest BCUT2D eigenvalue weighted by Gasteiger charge is -2.21. The third-order valence-corrected chi connectivity index (χ3v) is 8.31. The van der Waals surface area contributed by atoms with Crippen LogP contribution in [0.25, 0.3) is 10.8 Å². The third kappa shape index (κ3) is 6.02. The van der Waals surface area contributed by atoms with Crippen LogP contribution in [0.3, 0.4) is 0 Å². The summed E-state index contributed by atoms with van der Waals surface area (Å²) in [5.74, 6) is 3.21. The number of hydrogen-bond donors (Lipinski definition) is 2. The van der Waals surface area contributed by atoms with Gasteiger partial charge in [0.1, 0.15) is 23.0 Å². The molecule has 2 N–H and O–H groups in total. The first-order valence-electron chi connectivity index (χ1n) is 15.6. The molecule has 0 saturated carbocycles. The summed E-state index contributed by atoms with van der Waals surface area (Å²) in [6.45, 7) is 0. The molecule has 0 unspecified atom stereocenters. The summed E-state index contributed by atoms with van der Waals surface area (Å²) >= 11 is 0. The average Bonchev–Trinajstić information content (AvgIpc) is 3.11. The van der Waals surface area contributed by atoms with Crippen molar-refractivity contribution in [3.05, 3.63) is 180 Å². The van der Waals surface area contributed by atoms with Crippen LogP contribution in [0.4, 0.5) is 22.7 Å². The van der Waals surface area contributed by atoms with E-state index in [1.165, 1.54) is 0 Å². The Morgan fingerprint density at radius 3 is 1.55 bits per heavy atom. The Bertz CT molecular complexity index is 2210. The van der Waals surface area contributed by atoms with E-state index < -0.39 is 0 Å². The van der Waals surface area contributed by atoms with Gasteiger partial charge in [-0.25, -0.2) is 0 Å². The van der Waals surface area contributed by atoms with Crippen LogP contribution in [0.2, 0.25) is 0 Å². The van der Waals surface area contributed by atoms with Gasteiger partial charge in [-0.15, -0.1) is 0 Å². The fourth-order valence-electron chi connectivity index (χ4n) is 6.04. The topological polar surface area (TPSA) is 59.6 Å². The van der Waals surface area contributed by atoms with Crippen molar-refractivity contribution in [2.45, 2.75) is 6.42 Å². The number of ether oxygens (including phenoxy) is 2. The van der Waals surface area contributed by atoms with E-state index in [2.05, 4.69) is 34.9 Å². The predicted octanol–water partition coefficient (Wildman–Crippen LogP) is 11.0. The molecule has 226 valence electrons. The van der Waals surface area contributed by atoms with Crippen molar-refractivity contribution in [2.75, 3.05) is 10.6 Å². The summed E-state index contributed by atoms with van der Waals surface area (Å²) in [5.41, 5.74) is 7.40. The van der Waals surface area contributed by atoms with Gasteiger partial charge in [-0.1, -0.05) is 54.6 Å². The lowest BCUT2D eigenvalue weighted by Crippen LogP contribution is -2.16. The molecule has 0 amide bonds. The van der Waals surface area contributed by atoms with Gasteiger partial charge >= 0.3 is 0 Å². The van der Waals surface area contributed by atoms with Crippen molar-refractivity contribution in [2.24, 2.45) is 0 Å². The Kier molecular flexibility index (Phi) is 7.32. The molecule has 1 aliphatic carbocycles. The van der Waals surface area contributed by atoms with E-state index in [0.29, 0.717) is 6.42 Å². The van der Waals surface area contributed by atoms with E-state index in [4.69, 9.17) is 9.47 Å². The molecule has 0 saturated heterocycles. The minimum Gasteiger partial charge on any atom is -0.457 e. The lowest BCUT2D eigenvalue weighted by molar-refractivity contribution is 0.103. The molecule has 47 heavy (non-hydrogen) atoms. The largest absolute Gasteiger partial charge is 0.457 e. The van der Waals surface area contributed by atoms with Crippen LogP contribution in [0.15, 0.2) is 158 Å². The fourth-order valence-corrected chi connectivity index (χ4v) is 6.04. The van der Waals surface area contributed by atoms with Gasteiger partial charge < -0.3 is 20.1 Å². The third-order valence-electron chi connectivity index (χ3n) is 8.31. The highest BCUT2D eigenvalue weighted by molar-refractivity contribution is 6.19. The zero-order chi connectivity index (χ0) is 31.6. The number of hydrogen-bond acceptors (Lipinski definition) is 5. The van der Waals surface area contributed by atoms with E-state index in [-0.39, 0.29) is 5.78 Å². The van der Waals surface area contributed by atoms with Crippen molar-refractivity contribution in [3.8, 4) is 23.0 Å². The number of para-hydroxylation sites is 2. The highest BCUT2D eigenvalue weighted by Crippen LogP contribution is 2.36. The number of anilines is 4. The van der Waals surface area contributed by atoms with Gasteiger partial charge in [-0.3, -0.25) is 4.79 Å². The van der Waals surface area contributed by atoms with Gasteiger partial charge in [-0.05, 0) is 131 Å². The molecule has 8 rings (SSSR count). The quantitative estimate of drug-likeness (QED) is 0.179. The summed E-state index contributed by atoms with van der Waals surface area (Å²) in [7, 11) is 0. The van der Waals surface area contributed by atoms with Crippen LogP contribution in [-0.2, 0) is 6.42 Å². The second-order valence-corrected chi connectivity index (χ2v) is 11.5. The summed E-state index contributed by atoms with van der Waals surface area (Å²) in [6.07, 6.45) is 0.698. The maximum Gasteiger partial charge on any atom is 0.194 e. The van der Waals surface area contributed by atoms with Crippen LogP contribution < -0.4 is 20.1 Å². The zero-order valence-corrected chi connectivity index (χ0v) is 25.4. The number of carbonyl (C=O) groups is 1. The maximum atomic E-state index is 13.9. The number of nitrogens with one attached hydrogen (secondary N) is 2. The van der Waals surface area contributed by atoms with Gasteiger partial charge in [0.05, 0.1) is 0 Å². The second kappa shape index (κ2) is 12.2. The number of benzene rings is 7. The summed E-state index contributed by atoms with van der Waals surface area (Å²) < 4.78 is 11.8. The minimum atomic E-state index is 0.0653. The summed E-state index contributed by atoms with van der Waals surface area (Å²) in [6, 6.07) is 51.6. The molecular weight excluding hydrogens is 580 g/mol. The van der Waals surface area contributed by atoms with Crippen molar-refractivity contribution in [1.82, 2.24) is 0 Å². The fraction of sp³-hybridized carbons (Fsp3) is 0.0238. The molecule has 0 aliphatic heterocycles. The molecule has 0 fully saturated rings. The van der Waals surface area contributed by atoms with Crippen LogP contribution >= 0.6 is 0 Å². The average molecular weight is 611 g/mol. The first-order valence-corrected chi connectivity index (χ1v) is 15.6. The molecule has 5 nitrogen and oxygen atoms in total. The Balaban J connectivity index is 0.968. The molecule has 0 bridgehead atoms. The molecule has 7 aromatic carbocycles. The highest BCUT2D eigenvalue weighted by Gasteiger charge is 2.25. The molecule has 0 heterocycles. The monoisotopic (exact) mass is 610 g/mol. The van der Waals surface area contributed by atoms with Crippen LogP contribution in [0, 0.1) is 0 Å². The molecule has 0 atom stereocenters. The summed E-state index contributed by atoms with van der Waals surface area (Å²) in [5, 5.41) is 8.94. The SMILES string of the molecule is O=C1c2ccc(Nc3ccc(Oc4ccccc4)cc3)cc2Cc2ccc3cc(Nc4ccc(Oc5ccccc5)cc4)ccc3c21. The first kappa shape index (κ1) is 28.2. The maximum absolute atomic E-state index is 13.9.